The molecule has 1 aliphatic heterocycles. The van der Waals surface area contributed by atoms with E-state index in [0.29, 0.717) is 38.0 Å². The van der Waals surface area contributed by atoms with E-state index < -0.39 is 30.0 Å². The van der Waals surface area contributed by atoms with Gasteiger partial charge in [-0.3, -0.25) is 14.4 Å². The average Bonchev–Trinajstić information content (AvgIpc) is 2.69. The van der Waals surface area contributed by atoms with Gasteiger partial charge in [0.25, 0.3) is 0 Å². The highest BCUT2D eigenvalue weighted by molar-refractivity contribution is 7.98. The second-order valence-corrected chi connectivity index (χ2v) is 7.71. The zero-order chi connectivity index (χ0) is 21.2. The van der Waals surface area contributed by atoms with Crippen molar-refractivity contribution in [2.45, 2.75) is 37.4 Å². The molecule has 9 heteroatoms. The Labute approximate surface area is 174 Å². The molecule has 1 aromatic rings. The summed E-state index contributed by atoms with van der Waals surface area (Å²) in [5.41, 5.74) is 0.886. The van der Waals surface area contributed by atoms with Crippen LogP contribution in [0.4, 0.5) is 0 Å². The Morgan fingerprint density at radius 3 is 2.55 bits per heavy atom. The molecule has 1 saturated heterocycles. The number of hydrogen-bond acceptors (Lipinski definition) is 6. The van der Waals surface area contributed by atoms with Crippen molar-refractivity contribution in [2.75, 3.05) is 25.7 Å². The number of carbonyl (C=O) groups excluding carboxylic acids is 4. The van der Waals surface area contributed by atoms with Gasteiger partial charge in [-0.15, -0.1) is 0 Å². The minimum Gasteiger partial charge on any atom is -0.467 e. The van der Waals surface area contributed by atoms with Crippen LogP contribution in [-0.2, 0) is 30.3 Å². The summed E-state index contributed by atoms with van der Waals surface area (Å²) in [7, 11) is 1.27. The van der Waals surface area contributed by atoms with Crippen LogP contribution in [0.2, 0.25) is 0 Å². The van der Waals surface area contributed by atoms with E-state index in [0.717, 1.165) is 5.56 Å². The second kappa shape index (κ2) is 11.5. The summed E-state index contributed by atoms with van der Waals surface area (Å²) in [5, 5.41) is 5.25. The molecule has 29 heavy (non-hydrogen) atoms. The molecule has 0 radical (unpaired) electrons. The number of nitrogens with zero attached hydrogens (tertiary/aromatic N) is 1. The molecular weight excluding hydrogens is 394 g/mol. The zero-order valence-corrected chi connectivity index (χ0v) is 17.4. The van der Waals surface area contributed by atoms with Gasteiger partial charge in [-0.25, -0.2) is 4.79 Å². The molecule has 1 aliphatic rings. The average molecular weight is 422 g/mol. The molecule has 158 valence electrons. The van der Waals surface area contributed by atoms with Crippen molar-refractivity contribution in [3.05, 3.63) is 35.9 Å². The maximum absolute atomic E-state index is 12.7. The number of likely N-dealkylation sites (tertiary alicyclic amines) is 1. The number of carbonyl (C=O) groups is 4. The van der Waals surface area contributed by atoms with Crippen LogP contribution in [0.15, 0.2) is 30.3 Å². The van der Waals surface area contributed by atoms with Gasteiger partial charge < -0.3 is 20.3 Å². The lowest BCUT2D eigenvalue weighted by molar-refractivity contribution is -0.151. The Morgan fingerprint density at radius 2 is 2.00 bits per heavy atom. The Balaban J connectivity index is 2.02. The Morgan fingerprint density at radius 1 is 1.28 bits per heavy atom. The number of rotatable bonds is 11. The predicted octanol–water partition coefficient (Wildman–Crippen LogP) is 0.356. The molecule has 0 aliphatic carbocycles. The third kappa shape index (κ3) is 6.22. The van der Waals surface area contributed by atoms with Crippen molar-refractivity contribution in [2.24, 2.45) is 0 Å². The minimum atomic E-state index is -0.840. The summed E-state index contributed by atoms with van der Waals surface area (Å²) in [5.74, 6) is -0.510. The highest BCUT2D eigenvalue weighted by atomic mass is 32.2. The highest BCUT2D eigenvalue weighted by Crippen LogP contribution is 2.20. The lowest BCUT2D eigenvalue weighted by Crippen LogP contribution is -2.63. The van der Waals surface area contributed by atoms with Gasteiger partial charge >= 0.3 is 5.97 Å². The zero-order valence-electron chi connectivity index (χ0n) is 16.6. The van der Waals surface area contributed by atoms with Crippen molar-refractivity contribution >= 4 is 36.0 Å². The number of nitrogens with one attached hydrogen (secondary N) is 2. The summed E-state index contributed by atoms with van der Waals surface area (Å²) < 4.78 is 4.82. The number of esters is 1. The van der Waals surface area contributed by atoms with E-state index in [4.69, 9.17) is 4.74 Å². The van der Waals surface area contributed by atoms with E-state index >= 15 is 0 Å². The van der Waals surface area contributed by atoms with Crippen molar-refractivity contribution < 1.29 is 23.9 Å². The Bertz CT molecular complexity index is 715. The molecule has 2 N–H and O–H groups in total. The summed E-state index contributed by atoms with van der Waals surface area (Å²) in [4.78, 5) is 49.9. The van der Waals surface area contributed by atoms with Gasteiger partial charge in [-0.2, -0.15) is 11.8 Å². The van der Waals surface area contributed by atoms with Crippen LogP contribution in [0.3, 0.4) is 0 Å². The normalized spacial score (nSPS) is 17.4. The van der Waals surface area contributed by atoms with E-state index in [1.54, 1.807) is 11.8 Å². The molecule has 1 heterocycles. The van der Waals surface area contributed by atoms with Crippen LogP contribution in [0.1, 0.15) is 18.4 Å². The fourth-order valence-corrected chi connectivity index (χ4v) is 3.64. The van der Waals surface area contributed by atoms with Crippen molar-refractivity contribution in [1.29, 1.82) is 0 Å². The van der Waals surface area contributed by atoms with Gasteiger partial charge in [-0.1, -0.05) is 30.3 Å². The Hall–Kier alpha value is -2.55. The van der Waals surface area contributed by atoms with Crippen molar-refractivity contribution in [3.8, 4) is 0 Å². The summed E-state index contributed by atoms with van der Waals surface area (Å²) in [6, 6.07) is 7.15. The molecule has 0 spiro atoms. The van der Waals surface area contributed by atoms with Crippen LogP contribution in [0, 0.1) is 0 Å². The van der Waals surface area contributed by atoms with Crippen LogP contribution in [0.25, 0.3) is 0 Å². The molecule has 8 nitrogen and oxygen atoms in total. The number of methoxy groups -OCH3 is 1. The standard InChI is InChI=1S/C20H27N3O5S/c1-28-20(27)16(12-14-6-4-3-5-7-14)22-18(25)17-8-10-23(17)19(26)15(21-13-24)9-11-29-2/h3-7,13,15-17H,8-12H2,1-2H3,(H,21,24)(H,22,25)/t15-,16-,17?/m0/s1. The van der Waals surface area contributed by atoms with Gasteiger partial charge in [0.2, 0.25) is 18.2 Å². The maximum atomic E-state index is 12.7. The summed E-state index contributed by atoms with van der Waals surface area (Å²) in [6.07, 6.45) is 3.71. The monoisotopic (exact) mass is 421 g/mol. The Kier molecular flexibility index (Phi) is 8.98. The first-order chi connectivity index (χ1) is 14.0. The molecule has 1 unspecified atom stereocenters. The molecule has 3 amide bonds. The van der Waals surface area contributed by atoms with Gasteiger partial charge in [-0.05, 0) is 30.4 Å². The first-order valence-corrected chi connectivity index (χ1v) is 10.8. The molecular formula is C20H27N3O5S. The highest BCUT2D eigenvalue weighted by Gasteiger charge is 2.41. The number of amides is 3. The number of ether oxygens (including phenoxy) is 1. The fraction of sp³-hybridized carbons (Fsp3) is 0.500. The molecule has 2 rings (SSSR count). The smallest absolute Gasteiger partial charge is 0.328 e. The fourth-order valence-electron chi connectivity index (χ4n) is 3.17. The van der Waals surface area contributed by atoms with Crippen LogP contribution >= 0.6 is 11.8 Å². The van der Waals surface area contributed by atoms with E-state index in [2.05, 4.69) is 10.6 Å². The van der Waals surface area contributed by atoms with E-state index in [9.17, 15) is 19.2 Å². The number of thioether (sulfide) groups is 1. The molecule has 0 saturated carbocycles. The summed E-state index contributed by atoms with van der Waals surface area (Å²) >= 11 is 1.58. The van der Waals surface area contributed by atoms with Crippen LogP contribution in [0.5, 0.6) is 0 Å². The first-order valence-electron chi connectivity index (χ1n) is 9.43. The van der Waals surface area contributed by atoms with Crippen molar-refractivity contribution in [1.82, 2.24) is 15.5 Å². The third-order valence-corrected chi connectivity index (χ3v) is 5.51. The van der Waals surface area contributed by atoms with E-state index in [1.807, 2.05) is 36.6 Å². The van der Waals surface area contributed by atoms with E-state index in [1.165, 1.54) is 12.0 Å². The summed E-state index contributed by atoms with van der Waals surface area (Å²) in [6.45, 7) is 0.439. The second-order valence-electron chi connectivity index (χ2n) is 6.73. The van der Waals surface area contributed by atoms with Crippen LogP contribution in [-0.4, -0.2) is 72.9 Å². The topological polar surface area (TPSA) is 105 Å². The van der Waals surface area contributed by atoms with Crippen molar-refractivity contribution in [3.63, 3.8) is 0 Å². The SMILES string of the molecule is COC(=O)[C@H](Cc1ccccc1)NC(=O)C1CCN1C(=O)[C@H](CCSC)NC=O. The van der Waals surface area contributed by atoms with Crippen LogP contribution < -0.4 is 10.6 Å². The lowest BCUT2D eigenvalue weighted by atomic mass is 9.98. The molecule has 3 atom stereocenters. The molecule has 1 aromatic carbocycles. The molecule has 1 fully saturated rings. The van der Waals surface area contributed by atoms with Gasteiger partial charge in [0, 0.05) is 13.0 Å². The quantitative estimate of drug-likeness (QED) is 0.395. The predicted molar refractivity (Wildman–Crippen MR) is 110 cm³/mol. The first kappa shape index (κ1) is 22.7. The van der Waals surface area contributed by atoms with Gasteiger partial charge in [0.05, 0.1) is 7.11 Å². The molecule has 0 bridgehead atoms. The van der Waals surface area contributed by atoms with E-state index in [-0.39, 0.29) is 5.91 Å². The third-order valence-electron chi connectivity index (χ3n) is 4.87. The number of benzene rings is 1. The number of hydrogen-bond donors (Lipinski definition) is 2. The van der Waals surface area contributed by atoms with Gasteiger partial charge in [0.1, 0.15) is 18.1 Å². The lowest BCUT2D eigenvalue weighted by Gasteiger charge is -2.41. The molecule has 0 aromatic heterocycles. The largest absolute Gasteiger partial charge is 0.467 e. The minimum absolute atomic E-state index is 0.282. The maximum Gasteiger partial charge on any atom is 0.328 e. The van der Waals surface area contributed by atoms with Gasteiger partial charge in [0.15, 0.2) is 0 Å².